The van der Waals surface area contributed by atoms with Crippen LogP contribution in [0.4, 0.5) is 0 Å². The number of amides is 1. The molecular weight excluding hydrogens is 276 g/mol. The number of rotatable bonds is 7. The third-order valence-electron chi connectivity index (χ3n) is 4.76. The lowest BCUT2D eigenvalue weighted by molar-refractivity contribution is -0.121. The van der Waals surface area contributed by atoms with Gasteiger partial charge < -0.3 is 11.1 Å². The molecule has 1 unspecified atom stereocenters. The largest absolute Gasteiger partial charge is 0.355 e. The summed E-state index contributed by atoms with van der Waals surface area (Å²) < 4.78 is 0. The van der Waals surface area contributed by atoms with Crippen LogP contribution in [-0.2, 0) is 17.6 Å². The van der Waals surface area contributed by atoms with Crippen LogP contribution in [0, 0.1) is 5.92 Å². The van der Waals surface area contributed by atoms with Gasteiger partial charge in [-0.3, -0.25) is 9.59 Å². The zero-order valence-corrected chi connectivity index (χ0v) is 12.9. The first kappa shape index (κ1) is 15.2. The van der Waals surface area contributed by atoms with E-state index in [1.165, 1.54) is 30.4 Å². The fraction of sp³-hybridized carbons (Fsp3) is 0.556. The third kappa shape index (κ3) is 3.74. The van der Waals surface area contributed by atoms with Gasteiger partial charge in [-0.15, -0.1) is 0 Å². The Morgan fingerprint density at radius 1 is 1.18 bits per heavy atom. The highest BCUT2D eigenvalue weighted by molar-refractivity contribution is 5.98. The Hall–Kier alpha value is -1.68. The summed E-state index contributed by atoms with van der Waals surface area (Å²) in [5.41, 5.74) is 9.34. The Labute approximate surface area is 131 Å². The molecule has 0 radical (unpaired) electrons. The molecule has 118 valence electrons. The van der Waals surface area contributed by atoms with Gasteiger partial charge in [0.15, 0.2) is 5.78 Å². The van der Waals surface area contributed by atoms with Crippen molar-refractivity contribution in [2.24, 2.45) is 11.7 Å². The zero-order valence-electron chi connectivity index (χ0n) is 12.9. The van der Waals surface area contributed by atoms with Gasteiger partial charge in [0.2, 0.25) is 5.91 Å². The molecule has 1 aromatic rings. The Morgan fingerprint density at radius 3 is 2.73 bits per heavy atom. The number of hydrogen-bond acceptors (Lipinski definition) is 3. The van der Waals surface area contributed by atoms with Crippen molar-refractivity contribution in [2.75, 3.05) is 6.54 Å². The summed E-state index contributed by atoms with van der Waals surface area (Å²) in [6.45, 7) is 0.524. The first-order valence-electron chi connectivity index (χ1n) is 8.31. The molecule has 2 aliphatic rings. The fourth-order valence-corrected chi connectivity index (χ4v) is 3.13. The van der Waals surface area contributed by atoms with Crippen LogP contribution in [0.5, 0.6) is 0 Å². The fourth-order valence-electron chi connectivity index (χ4n) is 3.13. The molecule has 1 aromatic carbocycles. The van der Waals surface area contributed by atoms with Gasteiger partial charge in [0, 0.05) is 31.0 Å². The van der Waals surface area contributed by atoms with E-state index in [1.54, 1.807) is 0 Å². The number of nitrogens with two attached hydrogens (primary N) is 1. The summed E-state index contributed by atoms with van der Waals surface area (Å²) in [6.07, 6.45) is 6.22. The summed E-state index contributed by atoms with van der Waals surface area (Å²) in [4.78, 5) is 24.0. The van der Waals surface area contributed by atoms with E-state index in [0.29, 0.717) is 12.5 Å². The molecule has 1 amide bonds. The molecule has 0 bridgehead atoms. The van der Waals surface area contributed by atoms with E-state index in [4.69, 9.17) is 5.73 Å². The molecular formula is C18H24N2O2. The molecule has 0 spiro atoms. The molecule has 4 heteroatoms. The minimum absolute atomic E-state index is 0.0522. The summed E-state index contributed by atoms with van der Waals surface area (Å²) in [7, 11) is 0. The van der Waals surface area contributed by atoms with Gasteiger partial charge >= 0.3 is 0 Å². The Bertz CT molecular complexity index is 578. The van der Waals surface area contributed by atoms with Crippen molar-refractivity contribution in [3.8, 4) is 0 Å². The summed E-state index contributed by atoms with van der Waals surface area (Å²) in [5.74, 6) is 0.551. The maximum Gasteiger partial charge on any atom is 0.220 e. The van der Waals surface area contributed by atoms with E-state index in [2.05, 4.69) is 11.4 Å². The van der Waals surface area contributed by atoms with Gasteiger partial charge in [0.1, 0.15) is 0 Å². The second-order valence-electron chi connectivity index (χ2n) is 6.57. The molecule has 0 aliphatic heterocycles. The normalized spacial score (nSPS) is 17.9. The molecule has 0 saturated heterocycles. The highest BCUT2D eigenvalue weighted by Crippen LogP contribution is 2.31. The van der Waals surface area contributed by atoms with Gasteiger partial charge in [0.05, 0.1) is 0 Å². The van der Waals surface area contributed by atoms with Crippen molar-refractivity contribution in [2.45, 2.75) is 51.0 Å². The van der Waals surface area contributed by atoms with E-state index < -0.39 is 0 Å². The lowest BCUT2D eigenvalue weighted by Crippen LogP contribution is -2.38. The molecule has 1 fully saturated rings. The van der Waals surface area contributed by atoms with E-state index in [9.17, 15) is 9.59 Å². The SMILES string of the molecule is NC(CNC(=O)CCC(=O)c1ccc2c(c1)CCC2)C1CC1. The lowest BCUT2D eigenvalue weighted by atomic mass is 10.0. The van der Waals surface area contributed by atoms with E-state index in [1.807, 2.05) is 12.1 Å². The van der Waals surface area contributed by atoms with Crippen LogP contribution in [0.2, 0.25) is 0 Å². The predicted molar refractivity (Wildman–Crippen MR) is 85.7 cm³/mol. The minimum atomic E-state index is -0.0781. The highest BCUT2D eigenvalue weighted by Gasteiger charge is 2.28. The molecule has 22 heavy (non-hydrogen) atoms. The topological polar surface area (TPSA) is 72.2 Å². The average Bonchev–Trinajstić information content (AvgIpc) is 3.27. The summed E-state index contributed by atoms with van der Waals surface area (Å²) in [6, 6.07) is 6.03. The number of carbonyl (C=O) groups is 2. The van der Waals surface area contributed by atoms with Crippen molar-refractivity contribution in [1.82, 2.24) is 5.32 Å². The van der Waals surface area contributed by atoms with Gasteiger partial charge in [0.25, 0.3) is 0 Å². The smallest absolute Gasteiger partial charge is 0.220 e. The van der Waals surface area contributed by atoms with Gasteiger partial charge in [-0.25, -0.2) is 0 Å². The van der Waals surface area contributed by atoms with Crippen LogP contribution in [0.25, 0.3) is 0 Å². The maximum atomic E-state index is 12.2. The Balaban J connectivity index is 1.44. The quantitative estimate of drug-likeness (QED) is 0.756. The average molecular weight is 300 g/mol. The molecule has 1 atom stereocenters. The van der Waals surface area contributed by atoms with E-state index in [-0.39, 0.29) is 30.6 Å². The van der Waals surface area contributed by atoms with Crippen LogP contribution < -0.4 is 11.1 Å². The van der Waals surface area contributed by atoms with Crippen molar-refractivity contribution in [3.05, 3.63) is 34.9 Å². The van der Waals surface area contributed by atoms with Crippen molar-refractivity contribution in [1.29, 1.82) is 0 Å². The second-order valence-corrected chi connectivity index (χ2v) is 6.57. The summed E-state index contributed by atoms with van der Waals surface area (Å²) in [5, 5.41) is 2.84. The number of benzene rings is 1. The number of fused-ring (bicyclic) bond motifs is 1. The van der Waals surface area contributed by atoms with Gasteiger partial charge in [-0.05, 0) is 55.2 Å². The number of hydrogen-bond donors (Lipinski definition) is 2. The molecule has 3 N–H and O–H groups in total. The van der Waals surface area contributed by atoms with Gasteiger partial charge in [-0.2, -0.15) is 0 Å². The second kappa shape index (κ2) is 6.61. The predicted octanol–water partition coefficient (Wildman–Crippen LogP) is 1.99. The van der Waals surface area contributed by atoms with Crippen LogP contribution in [0.3, 0.4) is 0 Å². The molecule has 4 nitrogen and oxygen atoms in total. The van der Waals surface area contributed by atoms with Crippen LogP contribution >= 0.6 is 0 Å². The van der Waals surface area contributed by atoms with Gasteiger partial charge in [-0.1, -0.05) is 12.1 Å². The summed E-state index contributed by atoms with van der Waals surface area (Å²) >= 11 is 0. The minimum Gasteiger partial charge on any atom is -0.355 e. The first-order chi connectivity index (χ1) is 10.6. The number of Topliss-reactive ketones (excluding diaryl/α,β-unsaturated/α-hetero) is 1. The van der Waals surface area contributed by atoms with Crippen LogP contribution in [0.15, 0.2) is 18.2 Å². The first-order valence-corrected chi connectivity index (χ1v) is 8.31. The lowest BCUT2D eigenvalue weighted by Gasteiger charge is -2.11. The molecule has 2 aliphatic carbocycles. The van der Waals surface area contributed by atoms with Crippen molar-refractivity contribution >= 4 is 11.7 Å². The molecule has 3 rings (SSSR count). The number of ketones is 1. The zero-order chi connectivity index (χ0) is 15.5. The van der Waals surface area contributed by atoms with Crippen LogP contribution in [-0.4, -0.2) is 24.3 Å². The number of aryl methyl sites for hydroxylation is 2. The monoisotopic (exact) mass is 300 g/mol. The molecule has 0 aromatic heterocycles. The third-order valence-corrected chi connectivity index (χ3v) is 4.76. The van der Waals surface area contributed by atoms with E-state index >= 15 is 0 Å². The van der Waals surface area contributed by atoms with Crippen molar-refractivity contribution in [3.63, 3.8) is 0 Å². The molecule has 0 heterocycles. The Morgan fingerprint density at radius 2 is 1.95 bits per heavy atom. The standard InChI is InChI=1S/C18H24N2O2/c19-16(13-5-6-13)11-20-18(22)9-8-17(21)15-7-4-12-2-1-3-14(12)10-15/h4,7,10,13,16H,1-3,5-6,8-9,11,19H2,(H,20,22). The number of nitrogens with one attached hydrogen (secondary N) is 1. The maximum absolute atomic E-state index is 12.2. The van der Waals surface area contributed by atoms with Crippen molar-refractivity contribution < 1.29 is 9.59 Å². The van der Waals surface area contributed by atoms with Crippen LogP contribution in [0.1, 0.15) is 53.6 Å². The number of carbonyl (C=O) groups excluding carboxylic acids is 2. The Kier molecular flexibility index (Phi) is 4.57. The van der Waals surface area contributed by atoms with E-state index in [0.717, 1.165) is 18.4 Å². The highest BCUT2D eigenvalue weighted by atomic mass is 16.2. The molecule has 1 saturated carbocycles.